The van der Waals surface area contributed by atoms with Crippen molar-refractivity contribution in [2.45, 2.75) is 13.3 Å². The Labute approximate surface area is 97.8 Å². The number of allylic oxidation sites excluding steroid dienone is 1. The Hall–Kier alpha value is -1.09. The van der Waals surface area contributed by atoms with Crippen molar-refractivity contribution in [1.29, 1.82) is 0 Å². The topological polar surface area (TPSA) is 37.3 Å². The van der Waals surface area contributed by atoms with Crippen molar-refractivity contribution in [2.75, 3.05) is 5.33 Å². The highest BCUT2D eigenvalue weighted by molar-refractivity contribution is 9.09. The van der Waals surface area contributed by atoms with Crippen molar-refractivity contribution < 1.29 is 9.90 Å². The van der Waals surface area contributed by atoms with E-state index in [1.54, 1.807) is 6.07 Å². The first-order valence-corrected chi connectivity index (χ1v) is 5.83. The maximum atomic E-state index is 10.8. The van der Waals surface area contributed by atoms with Crippen LogP contribution in [0.15, 0.2) is 24.3 Å². The standard InChI is InChI=1S/C12H13BrO2/c1-9-8-10(4-2-3-7-13)5-6-11(9)12(14)15/h2,4-6,8H,3,7H2,1H3,(H,14,15). The van der Waals surface area contributed by atoms with E-state index < -0.39 is 5.97 Å². The van der Waals surface area contributed by atoms with E-state index in [1.165, 1.54) is 0 Å². The molecule has 0 radical (unpaired) electrons. The summed E-state index contributed by atoms with van der Waals surface area (Å²) < 4.78 is 0. The Balaban J connectivity index is 2.87. The van der Waals surface area contributed by atoms with Crippen LogP contribution in [0, 0.1) is 6.92 Å². The van der Waals surface area contributed by atoms with Crippen LogP contribution in [-0.4, -0.2) is 16.4 Å². The molecule has 0 aliphatic heterocycles. The third-order valence-corrected chi connectivity index (χ3v) is 2.52. The molecule has 0 saturated heterocycles. The van der Waals surface area contributed by atoms with E-state index in [1.807, 2.05) is 25.1 Å². The van der Waals surface area contributed by atoms with Crippen molar-refractivity contribution >= 4 is 28.0 Å². The minimum absolute atomic E-state index is 0.368. The number of carboxylic acids is 1. The summed E-state index contributed by atoms with van der Waals surface area (Å²) in [5, 5.41) is 9.79. The van der Waals surface area contributed by atoms with Gasteiger partial charge in [-0.25, -0.2) is 4.79 Å². The lowest BCUT2D eigenvalue weighted by molar-refractivity contribution is 0.0696. The van der Waals surface area contributed by atoms with Crippen LogP contribution in [0.1, 0.15) is 27.9 Å². The number of carbonyl (C=O) groups is 1. The zero-order chi connectivity index (χ0) is 11.3. The maximum absolute atomic E-state index is 10.8. The van der Waals surface area contributed by atoms with Gasteiger partial charge in [0, 0.05) is 5.33 Å². The molecular weight excluding hydrogens is 256 g/mol. The Morgan fingerprint density at radius 2 is 2.27 bits per heavy atom. The van der Waals surface area contributed by atoms with Crippen molar-refractivity contribution in [3.05, 3.63) is 41.0 Å². The summed E-state index contributed by atoms with van der Waals surface area (Å²) in [4.78, 5) is 10.8. The Kier molecular flexibility index (Phi) is 4.56. The number of halogens is 1. The molecule has 15 heavy (non-hydrogen) atoms. The second-order valence-corrected chi connectivity index (χ2v) is 4.05. The summed E-state index contributed by atoms with van der Waals surface area (Å²) >= 11 is 3.34. The van der Waals surface area contributed by atoms with Crippen molar-refractivity contribution in [2.24, 2.45) is 0 Å². The second-order valence-electron chi connectivity index (χ2n) is 3.26. The molecule has 1 rings (SSSR count). The van der Waals surface area contributed by atoms with Crippen LogP contribution >= 0.6 is 15.9 Å². The first-order valence-electron chi connectivity index (χ1n) is 4.71. The number of carboxylic acid groups (broad SMARTS) is 1. The van der Waals surface area contributed by atoms with E-state index in [9.17, 15) is 4.79 Å². The Morgan fingerprint density at radius 3 is 2.80 bits per heavy atom. The second kappa shape index (κ2) is 5.71. The molecule has 2 nitrogen and oxygen atoms in total. The van der Waals surface area contributed by atoms with Crippen LogP contribution in [-0.2, 0) is 0 Å². The molecule has 3 heteroatoms. The third-order valence-electron chi connectivity index (χ3n) is 2.07. The molecule has 0 saturated carbocycles. The van der Waals surface area contributed by atoms with Gasteiger partial charge in [-0.15, -0.1) is 0 Å². The Bertz CT molecular complexity index is 383. The lowest BCUT2D eigenvalue weighted by Crippen LogP contribution is -1.99. The molecule has 0 heterocycles. The minimum Gasteiger partial charge on any atom is -0.478 e. The number of aromatic carboxylic acids is 1. The molecule has 0 atom stereocenters. The average Bonchev–Trinajstić information content (AvgIpc) is 2.17. The first-order chi connectivity index (χ1) is 7.15. The number of aryl methyl sites for hydroxylation is 1. The number of hydrogen-bond acceptors (Lipinski definition) is 1. The lowest BCUT2D eigenvalue weighted by Gasteiger charge is -2.01. The molecule has 1 N–H and O–H groups in total. The zero-order valence-corrected chi connectivity index (χ0v) is 10.1. The smallest absolute Gasteiger partial charge is 0.335 e. The van der Waals surface area contributed by atoms with Gasteiger partial charge in [0.2, 0.25) is 0 Å². The van der Waals surface area contributed by atoms with Crippen molar-refractivity contribution in [3.8, 4) is 0 Å². The largest absolute Gasteiger partial charge is 0.478 e. The number of hydrogen-bond donors (Lipinski definition) is 1. The van der Waals surface area contributed by atoms with E-state index in [-0.39, 0.29) is 0 Å². The van der Waals surface area contributed by atoms with Gasteiger partial charge < -0.3 is 5.11 Å². The van der Waals surface area contributed by atoms with E-state index in [4.69, 9.17) is 5.11 Å². The van der Waals surface area contributed by atoms with Gasteiger partial charge in [-0.3, -0.25) is 0 Å². The van der Waals surface area contributed by atoms with Gasteiger partial charge in [-0.05, 0) is 30.5 Å². The molecule has 1 aromatic rings. The van der Waals surface area contributed by atoms with E-state index in [0.29, 0.717) is 5.56 Å². The van der Waals surface area contributed by atoms with E-state index in [2.05, 4.69) is 22.0 Å². The van der Waals surface area contributed by atoms with Gasteiger partial charge in [0.15, 0.2) is 0 Å². The van der Waals surface area contributed by atoms with Crippen LogP contribution in [0.4, 0.5) is 0 Å². The zero-order valence-electron chi connectivity index (χ0n) is 8.53. The molecule has 80 valence electrons. The molecule has 0 unspecified atom stereocenters. The number of rotatable bonds is 4. The monoisotopic (exact) mass is 268 g/mol. The minimum atomic E-state index is -0.872. The third kappa shape index (κ3) is 3.51. The highest BCUT2D eigenvalue weighted by Crippen LogP contribution is 2.12. The summed E-state index contributed by atoms with van der Waals surface area (Å²) in [7, 11) is 0. The molecule has 0 spiro atoms. The molecule has 0 bridgehead atoms. The highest BCUT2D eigenvalue weighted by Gasteiger charge is 2.05. The summed E-state index contributed by atoms with van der Waals surface area (Å²) in [6, 6.07) is 5.35. The fourth-order valence-corrected chi connectivity index (χ4v) is 1.58. The predicted octanol–water partition coefficient (Wildman–Crippen LogP) is 3.49. The van der Waals surface area contributed by atoms with Crippen LogP contribution in [0.2, 0.25) is 0 Å². The van der Waals surface area contributed by atoms with Gasteiger partial charge in [0.05, 0.1) is 5.56 Å². The van der Waals surface area contributed by atoms with Crippen LogP contribution in [0.3, 0.4) is 0 Å². The summed E-state index contributed by atoms with van der Waals surface area (Å²) in [5.41, 5.74) is 2.20. The first kappa shape index (κ1) is 12.0. The van der Waals surface area contributed by atoms with Crippen LogP contribution in [0.5, 0.6) is 0 Å². The molecule has 0 aliphatic carbocycles. The summed E-state index contributed by atoms with van der Waals surface area (Å²) in [6.07, 6.45) is 5.03. The van der Waals surface area contributed by atoms with Crippen molar-refractivity contribution in [3.63, 3.8) is 0 Å². The molecule has 0 fully saturated rings. The quantitative estimate of drug-likeness (QED) is 0.849. The number of alkyl halides is 1. The molecular formula is C12H13BrO2. The van der Waals surface area contributed by atoms with Crippen LogP contribution < -0.4 is 0 Å². The SMILES string of the molecule is Cc1cc(C=CCCBr)ccc1C(=O)O. The molecule has 0 aliphatic rings. The predicted molar refractivity (Wildman–Crippen MR) is 65.6 cm³/mol. The molecule has 0 aromatic heterocycles. The van der Waals surface area contributed by atoms with Gasteiger partial charge in [0.1, 0.15) is 0 Å². The van der Waals surface area contributed by atoms with Gasteiger partial charge >= 0.3 is 5.97 Å². The van der Waals surface area contributed by atoms with E-state index in [0.717, 1.165) is 22.9 Å². The maximum Gasteiger partial charge on any atom is 0.335 e. The molecule has 1 aromatic carbocycles. The van der Waals surface area contributed by atoms with Crippen LogP contribution in [0.25, 0.3) is 6.08 Å². The normalized spacial score (nSPS) is 10.8. The van der Waals surface area contributed by atoms with Gasteiger partial charge in [-0.1, -0.05) is 40.2 Å². The van der Waals surface area contributed by atoms with Gasteiger partial charge in [-0.2, -0.15) is 0 Å². The lowest BCUT2D eigenvalue weighted by atomic mass is 10.0. The van der Waals surface area contributed by atoms with E-state index >= 15 is 0 Å². The fourth-order valence-electron chi connectivity index (χ4n) is 1.31. The Morgan fingerprint density at radius 1 is 1.53 bits per heavy atom. The summed E-state index contributed by atoms with van der Waals surface area (Å²) in [5.74, 6) is -0.872. The van der Waals surface area contributed by atoms with Crippen molar-refractivity contribution in [1.82, 2.24) is 0 Å². The number of benzene rings is 1. The fraction of sp³-hybridized carbons (Fsp3) is 0.250. The molecule has 0 amide bonds. The highest BCUT2D eigenvalue weighted by atomic mass is 79.9. The van der Waals surface area contributed by atoms with Gasteiger partial charge in [0.25, 0.3) is 0 Å². The summed E-state index contributed by atoms with van der Waals surface area (Å²) in [6.45, 7) is 1.81. The average molecular weight is 269 g/mol.